The molecule has 1 N–H and O–H groups in total. The van der Waals surface area contributed by atoms with E-state index in [1.807, 2.05) is 6.92 Å². The van der Waals surface area contributed by atoms with Crippen LogP contribution in [0.1, 0.15) is 18.4 Å². The summed E-state index contributed by atoms with van der Waals surface area (Å²) in [6.07, 6.45) is 4.61. The fraction of sp³-hybridized carbons (Fsp3) is 0.167. The molecule has 1 aromatic rings. The van der Waals surface area contributed by atoms with Crippen molar-refractivity contribution < 1.29 is 4.39 Å². The highest BCUT2D eigenvalue weighted by atomic mass is 19.1. The molecule has 0 unspecified atom stereocenters. The smallest absolute Gasteiger partial charge is 0.115 e. The number of imidazole rings is 1. The van der Waals surface area contributed by atoms with E-state index in [-0.39, 0.29) is 5.57 Å². The minimum Gasteiger partial charge on any atom is -0.342 e. The molecule has 0 amide bonds. The molecule has 0 radical (unpaired) electrons. The number of allylic oxidation sites excluding steroid dienone is 5. The molecule has 0 atom stereocenters. The molecule has 0 aliphatic rings. The highest BCUT2D eigenvalue weighted by molar-refractivity contribution is 5.70. The second-order valence-corrected chi connectivity index (χ2v) is 3.30. The number of aromatic nitrogens is 2. The molecule has 0 aliphatic heterocycles. The third-order valence-corrected chi connectivity index (χ3v) is 1.99. The molecule has 82 valence electrons. The maximum absolute atomic E-state index is 12.8. The molecule has 0 aliphatic carbocycles. The van der Waals surface area contributed by atoms with Crippen molar-refractivity contribution in [1.82, 2.24) is 9.97 Å². The van der Waals surface area contributed by atoms with Crippen LogP contribution in [0.25, 0.3) is 5.57 Å². The Morgan fingerprint density at radius 3 is 2.75 bits per heavy atom. The Labute approximate surface area is 93.6 Å². The van der Waals surface area contributed by atoms with Crippen LogP contribution in [-0.2, 0) is 0 Å². The molecule has 4 heteroatoms. The van der Waals surface area contributed by atoms with Crippen LogP contribution in [0.15, 0.2) is 36.3 Å². The first-order chi connectivity index (χ1) is 7.54. The highest BCUT2D eigenvalue weighted by Gasteiger charge is 2.00. The van der Waals surface area contributed by atoms with E-state index >= 15 is 0 Å². The lowest BCUT2D eigenvalue weighted by molar-refractivity contribution is 0.635. The summed E-state index contributed by atoms with van der Waals surface area (Å²) in [5.74, 6) is 0.273. The predicted molar refractivity (Wildman–Crippen MR) is 60.9 cm³/mol. The average Bonchev–Trinajstić information content (AvgIpc) is 2.65. The second-order valence-electron chi connectivity index (χ2n) is 3.30. The zero-order valence-electron chi connectivity index (χ0n) is 9.21. The summed E-state index contributed by atoms with van der Waals surface area (Å²) in [7, 11) is 0. The molecule has 3 nitrogen and oxygen atoms in total. The molecule has 0 aromatic carbocycles. The van der Waals surface area contributed by atoms with E-state index in [0.29, 0.717) is 5.57 Å². The van der Waals surface area contributed by atoms with Gasteiger partial charge in [-0.2, -0.15) is 5.26 Å². The summed E-state index contributed by atoms with van der Waals surface area (Å²) >= 11 is 0. The molecule has 0 bridgehead atoms. The first-order valence-corrected chi connectivity index (χ1v) is 4.70. The van der Waals surface area contributed by atoms with Crippen molar-refractivity contribution in [3.8, 4) is 6.07 Å². The van der Waals surface area contributed by atoms with Crippen LogP contribution in [0.5, 0.6) is 0 Å². The van der Waals surface area contributed by atoms with Gasteiger partial charge in [-0.3, -0.25) is 0 Å². The van der Waals surface area contributed by atoms with Crippen LogP contribution in [0.2, 0.25) is 0 Å². The monoisotopic (exact) mass is 217 g/mol. The zero-order chi connectivity index (χ0) is 12.1. The molecule has 0 saturated carbocycles. The van der Waals surface area contributed by atoms with Crippen LogP contribution in [-0.4, -0.2) is 9.97 Å². The van der Waals surface area contributed by atoms with Crippen molar-refractivity contribution in [2.75, 3.05) is 0 Å². The zero-order valence-corrected chi connectivity index (χ0v) is 9.21. The van der Waals surface area contributed by atoms with E-state index in [2.05, 4.69) is 16.5 Å². The van der Waals surface area contributed by atoms with Gasteiger partial charge in [0.25, 0.3) is 0 Å². The van der Waals surface area contributed by atoms with Crippen LogP contribution in [0, 0.1) is 18.3 Å². The van der Waals surface area contributed by atoms with Gasteiger partial charge in [0.05, 0.1) is 17.5 Å². The number of hydrogen-bond donors (Lipinski definition) is 1. The normalized spacial score (nSPS) is 12.4. The van der Waals surface area contributed by atoms with E-state index in [1.54, 1.807) is 18.3 Å². The summed E-state index contributed by atoms with van der Waals surface area (Å²) in [4.78, 5) is 7.01. The minimum atomic E-state index is -0.507. The highest BCUT2D eigenvalue weighted by Crippen LogP contribution is 2.13. The molecule has 1 rings (SSSR count). The molecule has 1 heterocycles. The number of hydrogen-bond acceptors (Lipinski definition) is 2. The Bertz CT molecular complexity index is 497. The Kier molecular flexibility index (Phi) is 3.78. The van der Waals surface area contributed by atoms with Gasteiger partial charge in [-0.05, 0) is 25.5 Å². The fourth-order valence-electron chi connectivity index (χ4n) is 1.09. The molecule has 16 heavy (non-hydrogen) atoms. The van der Waals surface area contributed by atoms with Gasteiger partial charge in [0, 0.05) is 0 Å². The van der Waals surface area contributed by atoms with Crippen molar-refractivity contribution in [1.29, 1.82) is 5.26 Å². The lowest BCUT2D eigenvalue weighted by Crippen LogP contribution is -1.81. The molecular formula is C12H12FN3. The van der Waals surface area contributed by atoms with Crippen molar-refractivity contribution in [2.45, 2.75) is 13.8 Å². The Morgan fingerprint density at radius 2 is 2.31 bits per heavy atom. The third kappa shape index (κ3) is 2.92. The largest absolute Gasteiger partial charge is 0.342 e. The number of rotatable bonds is 3. The third-order valence-electron chi connectivity index (χ3n) is 1.99. The fourth-order valence-corrected chi connectivity index (χ4v) is 1.09. The number of halogens is 1. The van der Waals surface area contributed by atoms with Crippen LogP contribution >= 0.6 is 0 Å². The van der Waals surface area contributed by atoms with Gasteiger partial charge in [-0.25, -0.2) is 9.37 Å². The van der Waals surface area contributed by atoms with E-state index in [4.69, 9.17) is 5.26 Å². The van der Waals surface area contributed by atoms with Crippen LogP contribution in [0.3, 0.4) is 0 Å². The van der Waals surface area contributed by atoms with Gasteiger partial charge in [0.15, 0.2) is 0 Å². The first-order valence-electron chi connectivity index (χ1n) is 4.70. The van der Waals surface area contributed by atoms with Crippen molar-refractivity contribution >= 4 is 5.57 Å². The summed E-state index contributed by atoms with van der Waals surface area (Å²) in [6.45, 7) is 6.86. The maximum atomic E-state index is 12.8. The number of nitrogens with one attached hydrogen (secondary N) is 1. The molecule has 0 saturated heterocycles. The minimum absolute atomic E-state index is 0.00242. The van der Waals surface area contributed by atoms with Gasteiger partial charge in [0.2, 0.25) is 0 Å². The topological polar surface area (TPSA) is 52.5 Å². The number of aromatic amines is 1. The summed E-state index contributed by atoms with van der Waals surface area (Å²) in [5, 5.41) is 8.64. The molecular weight excluding hydrogens is 205 g/mol. The quantitative estimate of drug-likeness (QED) is 0.625. The standard InChI is InChI=1S/C12H12FN3/c1-8(12-7-15-10(3)16-12)4-5-11(6-14)9(2)13/h4-5,7H,1H2,2-3H3,(H,15,16)/b5-4-,11-9-. The van der Waals surface area contributed by atoms with E-state index < -0.39 is 5.83 Å². The second kappa shape index (κ2) is 5.08. The van der Waals surface area contributed by atoms with Gasteiger partial charge < -0.3 is 4.98 Å². The SMILES string of the molecule is C=C(/C=C\C(C#N)=C(/C)F)c1cnc(C)[nH]1. The lowest BCUT2D eigenvalue weighted by atomic mass is 10.1. The average molecular weight is 217 g/mol. The van der Waals surface area contributed by atoms with Crippen molar-refractivity contribution in [2.24, 2.45) is 0 Å². The first kappa shape index (κ1) is 11.9. The molecule has 1 aromatic heterocycles. The van der Waals surface area contributed by atoms with Crippen molar-refractivity contribution in [3.63, 3.8) is 0 Å². The number of nitrogens with zero attached hydrogens (tertiary/aromatic N) is 2. The number of nitriles is 1. The lowest BCUT2D eigenvalue weighted by Gasteiger charge is -1.94. The summed E-state index contributed by atoms with van der Waals surface area (Å²) in [6, 6.07) is 1.76. The van der Waals surface area contributed by atoms with E-state index in [9.17, 15) is 4.39 Å². The number of aryl methyl sites for hydroxylation is 1. The van der Waals surface area contributed by atoms with Crippen molar-refractivity contribution in [3.05, 3.63) is 47.8 Å². The van der Waals surface area contributed by atoms with Gasteiger partial charge in [0.1, 0.15) is 17.7 Å². The maximum Gasteiger partial charge on any atom is 0.115 e. The van der Waals surface area contributed by atoms with Gasteiger partial charge >= 0.3 is 0 Å². The summed E-state index contributed by atoms with van der Waals surface area (Å²) < 4.78 is 12.8. The Morgan fingerprint density at radius 1 is 1.62 bits per heavy atom. The van der Waals surface area contributed by atoms with Gasteiger partial charge in [-0.1, -0.05) is 12.7 Å². The van der Waals surface area contributed by atoms with Crippen LogP contribution < -0.4 is 0 Å². The van der Waals surface area contributed by atoms with Gasteiger partial charge in [-0.15, -0.1) is 0 Å². The summed E-state index contributed by atoms with van der Waals surface area (Å²) in [5.41, 5.74) is 1.40. The number of H-pyrrole nitrogens is 1. The Hall–Kier alpha value is -2.15. The molecule has 0 spiro atoms. The Balaban J connectivity index is 2.84. The van der Waals surface area contributed by atoms with Crippen LogP contribution in [0.4, 0.5) is 4.39 Å². The predicted octanol–water partition coefficient (Wildman–Crippen LogP) is 3.05. The molecule has 0 fully saturated rings. The van der Waals surface area contributed by atoms with E-state index in [1.165, 1.54) is 13.0 Å². The van der Waals surface area contributed by atoms with E-state index in [0.717, 1.165) is 11.5 Å².